The molecular weight excluding hydrogens is 294 g/mol. The largest absolute Gasteiger partial charge is 0.480 e. The van der Waals surface area contributed by atoms with E-state index in [4.69, 9.17) is 11.6 Å². The molecule has 0 aromatic carbocycles. The van der Waals surface area contributed by atoms with Crippen molar-refractivity contribution in [3.05, 3.63) is 59.1 Å². The monoisotopic (exact) mass is 305 g/mol. The lowest BCUT2D eigenvalue weighted by atomic mass is 10.1. The fourth-order valence-corrected chi connectivity index (χ4v) is 1.80. The number of carboxylic acid groups (broad SMARTS) is 1. The molecule has 0 bridgehead atoms. The molecule has 0 aliphatic carbocycles. The number of pyridine rings is 2. The molecule has 2 aromatic heterocycles. The Balaban J connectivity index is 2.07. The second-order valence-corrected chi connectivity index (χ2v) is 4.66. The predicted molar refractivity (Wildman–Crippen MR) is 76.1 cm³/mol. The number of nitrogens with one attached hydrogen (secondary N) is 1. The molecule has 6 nitrogen and oxygen atoms in total. The third kappa shape index (κ3) is 4.25. The molecule has 0 saturated heterocycles. The number of hydrogen-bond donors (Lipinski definition) is 2. The van der Waals surface area contributed by atoms with Crippen molar-refractivity contribution < 1.29 is 14.7 Å². The highest BCUT2D eigenvalue weighted by atomic mass is 35.5. The van der Waals surface area contributed by atoms with Crippen molar-refractivity contribution in [2.24, 2.45) is 0 Å². The second-order valence-electron chi connectivity index (χ2n) is 4.27. The van der Waals surface area contributed by atoms with Crippen LogP contribution in [0.25, 0.3) is 0 Å². The molecule has 2 aromatic rings. The average Bonchev–Trinajstić information content (AvgIpc) is 2.49. The number of hydrogen-bond acceptors (Lipinski definition) is 4. The molecule has 2 rings (SSSR count). The number of aliphatic carboxylic acids is 1. The van der Waals surface area contributed by atoms with Crippen molar-refractivity contribution >= 4 is 23.5 Å². The van der Waals surface area contributed by atoms with Gasteiger partial charge in [-0.25, -0.2) is 9.78 Å². The Morgan fingerprint density at radius 3 is 2.62 bits per heavy atom. The summed E-state index contributed by atoms with van der Waals surface area (Å²) in [6.45, 7) is 0. The van der Waals surface area contributed by atoms with Gasteiger partial charge >= 0.3 is 5.97 Å². The van der Waals surface area contributed by atoms with E-state index in [0.717, 1.165) is 0 Å². The van der Waals surface area contributed by atoms with Crippen LogP contribution in [0.1, 0.15) is 16.1 Å². The van der Waals surface area contributed by atoms with E-state index in [9.17, 15) is 14.7 Å². The molecule has 108 valence electrons. The number of rotatable bonds is 5. The number of carbonyl (C=O) groups is 2. The minimum Gasteiger partial charge on any atom is -0.480 e. The Morgan fingerprint density at radius 1 is 1.24 bits per heavy atom. The molecule has 1 amide bonds. The summed E-state index contributed by atoms with van der Waals surface area (Å²) in [5, 5.41) is 12.0. The van der Waals surface area contributed by atoms with E-state index in [0.29, 0.717) is 10.7 Å². The summed E-state index contributed by atoms with van der Waals surface area (Å²) in [7, 11) is 0. The van der Waals surface area contributed by atoms with Crippen LogP contribution in [0.5, 0.6) is 0 Å². The predicted octanol–water partition coefficient (Wildman–Crippen LogP) is 1.56. The van der Waals surface area contributed by atoms with Crippen molar-refractivity contribution in [3.8, 4) is 0 Å². The van der Waals surface area contributed by atoms with E-state index < -0.39 is 17.9 Å². The van der Waals surface area contributed by atoms with Crippen LogP contribution >= 0.6 is 11.6 Å². The number of carboxylic acids is 1. The molecule has 0 unspecified atom stereocenters. The molecule has 21 heavy (non-hydrogen) atoms. The zero-order valence-electron chi connectivity index (χ0n) is 10.9. The first-order valence-corrected chi connectivity index (χ1v) is 6.49. The van der Waals surface area contributed by atoms with E-state index in [1.165, 1.54) is 18.5 Å². The van der Waals surface area contributed by atoms with E-state index in [1.807, 2.05) is 0 Å². The highest BCUT2D eigenvalue weighted by molar-refractivity contribution is 6.29. The first-order chi connectivity index (χ1) is 10.1. The molecule has 0 aliphatic rings. The van der Waals surface area contributed by atoms with E-state index >= 15 is 0 Å². The first kappa shape index (κ1) is 14.9. The molecule has 0 saturated carbocycles. The highest BCUT2D eigenvalue weighted by Gasteiger charge is 2.21. The van der Waals surface area contributed by atoms with Gasteiger partial charge in [-0.15, -0.1) is 0 Å². The third-order valence-electron chi connectivity index (χ3n) is 2.73. The summed E-state index contributed by atoms with van der Waals surface area (Å²) in [4.78, 5) is 30.9. The van der Waals surface area contributed by atoms with Gasteiger partial charge in [-0.3, -0.25) is 9.78 Å². The van der Waals surface area contributed by atoms with Gasteiger partial charge in [0.05, 0.1) is 0 Å². The number of aromatic nitrogens is 2. The lowest BCUT2D eigenvalue weighted by Gasteiger charge is -2.14. The highest BCUT2D eigenvalue weighted by Crippen LogP contribution is 2.08. The van der Waals surface area contributed by atoms with Crippen LogP contribution in [0.2, 0.25) is 5.15 Å². The first-order valence-electron chi connectivity index (χ1n) is 6.11. The quantitative estimate of drug-likeness (QED) is 0.818. The number of halogens is 1. The van der Waals surface area contributed by atoms with Gasteiger partial charge in [0.2, 0.25) is 0 Å². The SMILES string of the molecule is O=C(N[C@H](Cc1ccc(Cl)nc1)C(=O)O)c1ccccn1. The molecule has 2 heterocycles. The van der Waals surface area contributed by atoms with Crippen LogP contribution in [0, 0.1) is 0 Å². The molecule has 0 radical (unpaired) electrons. The van der Waals surface area contributed by atoms with E-state index in [1.54, 1.807) is 24.3 Å². The number of amides is 1. The van der Waals surface area contributed by atoms with Gasteiger partial charge in [0.25, 0.3) is 5.91 Å². The lowest BCUT2D eigenvalue weighted by molar-refractivity contribution is -0.139. The lowest BCUT2D eigenvalue weighted by Crippen LogP contribution is -2.42. The van der Waals surface area contributed by atoms with Crippen LogP contribution < -0.4 is 5.32 Å². The minimum atomic E-state index is -1.13. The van der Waals surface area contributed by atoms with Crippen LogP contribution in [0.3, 0.4) is 0 Å². The van der Waals surface area contributed by atoms with Crippen LogP contribution in [-0.2, 0) is 11.2 Å². The average molecular weight is 306 g/mol. The van der Waals surface area contributed by atoms with Gasteiger partial charge < -0.3 is 10.4 Å². The van der Waals surface area contributed by atoms with Crippen molar-refractivity contribution in [1.82, 2.24) is 15.3 Å². The van der Waals surface area contributed by atoms with Crippen molar-refractivity contribution in [2.45, 2.75) is 12.5 Å². The van der Waals surface area contributed by atoms with Gasteiger partial charge in [0, 0.05) is 18.8 Å². The Hall–Kier alpha value is -2.47. The molecule has 7 heteroatoms. The summed E-state index contributed by atoms with van der Waals surface area (Å²) in [5.41, 5.74) is 0.825. The van der Waals surface area contributed by atoms with Crippen molar-refractivity contribution in [1.29, 1.82) is 0 Å². The maximum Gasteiger partial charge on any atom is 0.326 e. The number of nitrogens with zero attached hydrogens (tertiary/aromatic N) is 2. The summed E-state index contributed by atoms with van der Waals surface area (Å²) in [6, 6.07) is 7.00. The second kappa shape index (κ2) is 6.81. The van der Waals surface area contributed by atoms with Crippen LogP contribution in [0.15, 0.2) is 42.7 Å². The molecule has 1 atom stereocenters. The maximum absolute atomic E-state index is 11.9. The van der Waals surface area contributed by atoms with E-state index in [-0.39, 0.29) is 12.1 Å². The topological polar surface area (TPSA) is 92.2 Å². The summed E-state index contributed by atoms with van der Waals surface area (Å²) in [6.07, 6.45) is 3.05. The standard InChI is InChI=1S/C14H12ClN3O3/c15-12-5-4-9(8-17-12)7-11(14(20)21)18-13(19)10-3-1-2-6-16-10/h1-6,8,11H,7H2,(H,18,19)(H,20,21)/t11-/m1/s1. The smallest absolute Gasteiger partial charge is 0.326 e. The van der Waals surface area contributed by atoms with E-state index in [2.05, 4.69) is 15.3 Å². The molecule has 0 fully saturated rings. The summed E-state index contributed by atoms with van der Waals surface area (Å²) >= 11 is 5.67. The summed E-state index contributed by atoms with van der Waals surface area (Å²) < 4.78 is 0. The van der Waals surface area contributed by atoms with Crippen LogP contribution in [0.4, 0.5) is 0 Å². The molecular formula is C14H12ClN3O3. The minimum absolute atomic E-state index is 0.109. The van der Waals surface area contributed by atoms with Crippen molar-refractivity contribution in [2.75, 3.05) is 0 Å². The molecule has 0 aliphatic heterocycles. The Bertz CT molecular complexity index is 632. The molecule has 0 spiro atoms. The Kier molecular flexibility index (Phi) is 4.84. The van der Waals surface area contributed by atoms with Gasteiger partial charge in [-0.05, 0) is 23.8 Å². The fraction of sp³-hybridized carbons (Fsp3) is 0.143. The fourth-order valence-electron chi connectivity index (χ4n) is 1.69. The van der Waals surface area contributed by atoms with Gasteiger partial charge in [0.15, 0.2) is 0 Å². The maximum atomic E-state index is 11.9. The Labute approximate surface area is 125 Å². The Morgan fingerprint density at radius 2 is 2.05 bits per heavy atom. The zero-order valence-corrected chi connectivity index (χ0v) is 11.6. The zero-order chi connectivity index (χ0) is 15.2. The van der Waals surface area contributed by atoms with Gasteiger partial charge in [0.1, 0.15) is 16.9 Å². The number of carbonyl (C=O) groups excluding carboxylic acids is 1. The van der Waals surface area contributed by atoms with Gasteiger partial charge in [-0.1, -0.05) is 23.7 Å². The third-order valence-corrected chi connectivity index (χ3v) is 2.95. The van der Waals surface area contributed by atoms with Crippen molar-refractivity contribution in [3.63, 3.8) is 0 Å². The summed E-state index contributed by atoms with van der Waals surface area (Å²) in [5.74, 6) is -1.67. The molecule has 2 N–H and O–H groups in total. The van der Waals surface area contributed by atoms with Gasteiger partial charge in [-0.2, -0.15) is 0 Å². The van der Waals surface area contributed by atoms with Crippen LogP contribution in [-0.4, -0.2) is 33.0 Å². The normalized spacial score (nSPS) is 11.7.